The molecule has 0 bridgehead atoms. The summed E-state index contributed by atoms with van der Waals surface area (Å²) in [5.74, 6) is 6.57. The Morgan fingerprint density at radius 3 is 1.10 bits per heavy atom. The number of nitrogens with zero attached hydrogens (tertiary/aromatic N) is 6. The summed E-state index contributed by atoms with van der Waals surface area (Å²) in [5, 5.41) is 0. The fourth-order valence-electron chi connectivity index (χ4n) is 8.65. The molecule has 2 unspecified atom stereocenters. The number of aromatic nitrogens is 6. The minimum atomic E-state index is 0.373. The van der Waals surface area contributed by atoms with Gasteiger partial charge in [0.05, 0.1) is 0 Å². The minimum absolute atomic E-state index is 0.373. The highest BCUT2D eigenvalue weighted by molar-refractivity contribution is 5.72. The van der Waals surface area contributed by atoms with Gasteiger partial charge >= 0.3 is 0 Å². The molecule has 0 amide bonds. The summed E-state index contributed by atoms with van der Waals surface area (Å²) < 4.78 is 0. The second kappa shape index (κ2) is 11.1. The van der Waals surface area contributed by atoms with E-state index in [1.807, 2.05) is 97.1 Å². The minimum Gasteiger partial charge on any atom is -0.208 e. The Kier molecular flexibility index (Phi) is 6.38. The molecule has 2 heterocycles. The first-order valence-corrected chi connectivity index (χ1v) is 17.1. The highest BCUT2D eigenvalue weighted by Gasteiger charge is 2.71. The highest BCUT2D eigenvalue weighted by Crippen LogP contribution is 2.77. The third-order valence-corrected chi connectivity index (χ3v) is 11.0. The number of benzene rings is 5. The van der Waals surface area contributed by atoms with Gasteiger partial charge in [-0.3, -0.25) is 0 Å². The molecular formula is C43H32N6. The van der Waals surface area contributed by atoms with Crippen LogP contribution in [-0.4, -0.2) is 29.9 Å². The summed E-state index contributed by atoms with van der Waals surface area (Å²) in [4.78, 5) is 30.0. The van der Waals surface area contributed by atoms with Crippen LogP contribution in [0.2, 0.25) is 0 Å². The van der Waals surface area contributed by atoms with Crippen molar-refractivity contribution in [1.29, 1.82) is 0 Å². The molecule has 3 aliphatic rings. The van der Waals surface area contributed by atoms with Crippen LogP contribution in [0.25, 0.3) is 68.3 Å². The van der Waals surface area contributed by atoms with E-state index >= 15 is 0 Å². The lowest BCUT2D eigenvalue weighted by Crippen LogP contribution is -2.71. The van der Waals surface area contributed by atoms with E-state index in [0.29, 0.717) is 40.4 Å². The van der Waals surface area contributed by atoms with Gasteiger partial charge in [0.1, 0.15) is 0 Å². The molecule has 7 aromatic rings. The smallest absolute Gasteiger partial charge is 0.164 e. The van der Waals surface area contributed by atoms with Gasteiger partial charge in [0.15, 0.2) is 34.9 Å². The van der Waals surface area contributed by atoms with Gasteiger partial charge in [0.2, 0.25) is 0 Å². The topological polar surface area (TPSA) is 77.3 Å². The third kappa shape index (κ3) is 4.70. The summed E-state index contributed by atoms with van der Waals surface area (Å²) in [6, 6.07) is 47.4. The molecule has 3 aliphatic carbocycles. The molecule has 2 aromatic heterocycles. The molecule has 6 heteroatoms. The Bertz CT molecular complexity index is 2270. The molecule has 10 rings (SSSR count). The van der Waals surface area contributed by atoms with E-state index in [4.69, 9.17) is 29.9 Å². The largest absolute Gasteiger partial charge is 0.208 e. The van der Waals surface area contributed by atoms with E-state index in [1.165, 1.54) is 24.8 Å². The molecule has 2 atom stereocenters. The predicted molar refractivity (Wildman–Crippen MR) is 192 cm³/mol. The standard InChI is InChI=1S/C43H32N6/c1-4-12-27(13-5-1)37-44-38(28-14-6-2-7-15-28)46-40(45-37)30-18-10-19-31(22-30)41-47-39(29-16-8-3-9-17-29)48-42(49-41)32-20-11-21-35(24-32)43-25-33-23-34(26-43)36(33)43/h1-22,24,33-34,36H,23,25-26H2. The van der Waals surface area contributed by atoms with Crippen LogP contribution in [0.15, 0.2) is 140 Å². The van der Waals surface area contributed by atoms with Gasteiger partial charge in [-0.2, -0.15) is 0 Å². The second-order valence-electron chi connectivity index (χ2n) is 13.7. The van der Waals surface area contributed by atoms with E-state index in [9.17, 15) is 0 Å². The maximum absolute atomic E-state index is 5.12. The number of hydrogen-bond acceptors (Lipinski definition) is 6. The third-order valence-electron chi connectivity index (χ3n) is 11.0. The van der Waals surface area contributed by atoms with E-state index in [-0.39, 0.29) is 0 Å². The van der Waals surface area contributed by atoms with Crippen LogP contribution in [0.1, 0.15) is 24.8 Å². The first-order chi connectivity index (χ1) is 24.2. The summed E-state index contributed by atoms with van der Waals surface area (Å²) in [6.45, 7) is 0. The van der Waals surface area contributed by atoms with Crippen molar-refractivity contribution >= 4 is 0 Å². The molecule has 3 saturated carbocycles. The molecule has 3 fully saturated rings. The molecule has 49 heavy (non-hydrogen) atoms. The van der Waals surface area contributed by atoms with Crippen molar-refractivity contribution in [2.45, 2.75) is 24.7 Å². The maximum Gasteiger partial charge on any atom is 0.164 e. The summed E-state index contributed by atoms with van der Waals surface area (Å²) in [5.41, 5.74) is 7.41. The molecule has 0 aliphatic heterocycles. The van der Waals surface area contributed by atoms with Crippen molar-refractivity contribution in [2.24, 2.45) is 17.8 Å². The van der Waals surface area contributed by atoms with Crippen molar-refractivity contribution in [3.05, 3.63) is 145 Å². The Morgan fingerprint density at radius 2 is 0.714 bits per heavy atom. The zero-order valence-corrected chi connectivity index (χ0v) is 26.8. The predicted octanol–water partition coefficient (Wildman–Crippen LogP) is 9.36. The zero-order chi connectivity index (χ0) is 32.4. The maximum atomic E-state index is 5.12. The molecule has 6 nitrogen and oxygen atoms in total. The average Bonchev–Trinajstić information content (AvgIpc) is 3.18. The fraction of sp³-hybridized carbons (Fsp3) is 0.163. The van der Waals surface area contributed by atoms with Crippen LogP contribution in [0.5, 0.6) is 0 Å². The van der Waals surface area contributed by atoms with Crippen LogP contribution in [-0.2, 0) is 5.41 Å². The Labute approximate surface area is 285 Å². The van der Waals surface area contributed by atoms with Crippen molar-refractivity contribution in [3.8, 4) is 68.3 Å². The molecule has 0 saturated heterocycles. The first-order valence-electron chi connectivity index (χ1n) is 17.1. The summed E-state index contributed by atoms with van der Waals surface area (Å²) >= 11 is 0. The Morgan fingerprint density at radius 1 is 0.367 bits per heavy atom. The number of hydrogen-bond donors (Lipinski definition) is 0. The Hall–Kier alpha value is -5.88. The van der Waals surface area contributed by atoms with Crippen LogP contribution in [0.4, 0.5) is 0 Å². The van der Waals surface area contributed by atoms with Gasteiger partial charge in [-0.25, -0.2) is 29.9 Å². The van der Waals surface area contributed by atoms with Crippen molar-refractivity contribution in [1.82, 2.24) is 29.9 Å². The summed E-state index contributed by atoms with van der Waals surface area (Å²) in [6.07, 6.45) is 4.10. The monoisotopic (exact) mass is 632 g/mol. The van der Waals surface area contributed by atoms with Gasteiger partial charge < -0.3 is 0 Å². The lowest BCUT2D eigenvalue weighted by molar-refractivity contribution is -0.219. The molecule has 5 aromatic carbocycles. The molecular weight excluding hydrogens is 601 g/mol. The lowest BCUT2D eigenvalue weighted by atomic mass is 9.28. The second-order valence-corrected chi connectivity index (χ2v) is 13.7. The number of rotatable bonds is 7. The normalized spacial score (nSPS) is 21.5. The van der Waals surface area contributed by atoms with Gasteiger partial charge in [-0.1, -0.05) is 127 Å². The van der Waals surface area contributed by atoms with Crippen molar-refractivity contribution in [2.75, 3.05) is 0 Å². The van der Waals surface area contributed by atoms with Crippen LogP contribution >= 0.6 is 0 Å². The van der Waals surface area contributed by atoms with Crippen molar-refractivity contribution in [3.63, 3.8) is 0 Å². The quantitative estimate of drug-likeness (QED) is 0.174. The van der Waals surface area contributed by atoms with Gasteiger partial charge in [-0.05, 0) is 60.1 Å². The zero-order valence-electron chi connectivity index (χ0n) is 26.8. The highest BCUT2D eigenvalue weighted by atomic mass is 15.0. The van der Waals surface area contributed by atoms with E-state index in [0.717, 1.165) is 51.1 Å². The van der Waals surface area contributed by atoms with Gasteiger partial charge in [0, 0.05) is 33.4 Å². The lowest BCUT2D eigenvalue weighted by Gasteiger charge is -2.76. The van der Waals surface area contributed by atoms with E-state index in [2.05, 4.69) is 42.5 Å². The SMILES string of the molecule is c1ccc(-c2nc(-c3ccccc3)nc(-c3cccc(-c4nc(-c5ccccc5)nc(-c5cccc(C67CC8CC(C6)C87)c5)n4)c3)n2)cc1. The van der Waals surface area contributed by atoms with Gasteiger partial charge in [0.25, 0.3) is 0 Å². The summed E-state index contributed by atoms with van der Waals surface area (Å²) in [7, 11) is 0. The van der Waals surface area contributed by atoms with E-state index in [1.54, 1.807) is 0 Å². The van der Waals surface area contributed by atoms with Crippen molar-refractivity contribution < 1.29 is 0 Å². The van der Waals surface area contributed by atoms with Crippen LogP contribution in [0, 0.1) is 17.8 Å². The fourth-order valence-corrected chi connectivity index (χ4v) is 8.65. The first kappa shape index (κ1) is 28.2. The average molecular weight is 633 g/mol. The van der Waals surface area contributed by atoms with E-state index < -0.39 is 0 Å². The molecule has 0 spiro atoms. The molecule has 0 N–H and O–H groups in total. The van der Waals surface area contributed by atoms with Crippen LogP contribution < -0.4 is 0 Å². The molecule has 0 radical (unpaired) electrons. The van der Waals surface area contributed by atoms with Gasteiger partial charge in [-0.15, -0.1) is 0 Å². The van der Waals surface area contributed by atoms with Crippen LogP contribution in [0.3, 0.4) is 0 Å². The molecule has 234 valence electrons. The Balaban J connectivity index is 1.08.